The average Bonchev–Trinajstić information content (AvgIpc) is 3.25. The number of aliphatic hydroxyl groups is 1. The van der Waals surface area contributed by atoms with Crippen molar-refractivity contribution in [2.45, 2.75) is 26.8 Å². The maximum absolute atomic E-state index is 13.0. The predicted octanol–water partition coefficient (Wildman–Crippen LogP) is 4.83. The van der Waals surface area contributed by atoms with Gasteiger partial charge >= 0.3 is 0 Å². The number of furan rings is 1. The molecular formula is C24H21NO4. The van der Waals surface area contributed by atoms with Crippen molar-refractivity contribution in [2.24, 2.45) is 0 Å². The predicted molar refractivity (Wildman–Crippen MR) is 111 cm³/mol. The highest BCUT2D eigenvalue weighted by molar-refractivity contribution is 6.51. The van der Waals surface area contributed by atoms with Crippen LogP contribution in [0.4, 0.5) is 5.69 Å². The number of carbonyl (C=O) groups excluding carboxylic acids is 2. The van der Waals surface area contributed by atoms with Crippen LogP contribution in [0.25, 0.3) is 5.76 Å². The van der Waals surface area contributed by atoms with Crippen LogP contribution in [0.1, 0.15) is 34.3 Å². The maximum Gasteiger partial charge on any atom is 0.300 e. The van der Waals surface area contributed by atoms with E-state index in [-0.39, 0.29) is 11.3 Å². The summed E-state index contributed by atoms with van der Waals surface area (Å²) in [4.78, 5) is 27.3. The highest BCUT2D eigenvalue weighted by Crippen LogP contribution is 2.42. The lowest BCUT2D eigenvalue weighted by atomic mass is 9.97. The van der Waals surface area contributed by atoms with Gasteiger partial charge in [0.2, 0.25) is 0 Å². The monoisotopic (exact) mass is 387 g/mol. The molecule has 1 atom stereocenters. The minimum atomic E-state index is -0.840. The van der Waals surface area contributed by atoms with E-state index in [1.807, 2.05) is 32.0 Å². The van der Waals surface area contributed by atoms with E-state index < -0.39 is 17.7 Å². The van der Waals surface area contributed by atoms with Crippen molar-refractivity contribution in [3.05, 3.63) is 94.4 Å². The van der Waals surface area contributed by atoms with Crippen LogP contribution in [0.5, 0.6) is 0 Å². The van der Waals surface area contributed by atoms with Gasteiger partial charge in [-0.15, -0.1) is 0 Å². The van der Waals surface area contributed by atoms with Crippen molar-refractivity contribution in [1.82, 2.24) is 0 Å². The largest absolute Gasteiger partial charge is 0.507 e. The van der Waals surface area contributed by atoms with Crippen molar-refractivity contribution < 1.29 is 19.1 Å². The van der Waals surface area contributed by atoms with Gasteiger partial charge in [-0.05, 0) is 62.2 Å². The molecule has 2 aromatic carbocycles. The molecule has 0 bridgehead atoms. The molecule has 1 N–H and O–H groups in total. The first-order chi connectivity index (χ1) is 13.9. The number of benzene rings is 2. The summed E-state index contributed by atoms with van der Waals surface area (Å²) in [6.45, 7) is 5.70. The summed E-state index contributed by atoms with van der Waals surface area (Å²) in [5.41, 5.74) is 3.14. The highest BCUT2D eigenvalue weighted by Gasteiger charge is 2.48. The molecule has 3 aromatic rings. The van der Waals surface area contributed by atoms with Crippen LogP contribution in [-0.2, 0) is 9.59 Å². The van der Waals surface area contributed by atoms with Crippen LogP contribution >= 0.6 is 0 Å². The summed E-state index contributed by atoms with van der Waals surface area (Å²) < 4.78 is 5.78. The Morgan fingerprint density at radius 3 is 2.28 bits per heavy atom. The second kappa shape index (κ2) is 7.09. The van der Waals surface area contributed by atoms with E-state index in [1.165, 1.54) is 4.90 Å². The summed E-state index contributed by atoms with van der Waals surface area (Å²) in [5, 5.41) is 11.1. The SMILES string of the molecule is Cc1ccc(C2/C(=C(/O)c3ccc(C)c(C)c3)C(=O)C(=O)N2c2ccccc2)o1. The van der Waals surface area contributed by atoms with Gasteiger partial charge in [0.1, 0.15) is 23.3 Å². The number of aryl methyl sites for hydroxylation is 3. The molecule has 5 nitrogen and oxygen atoms in total. The third-order valence-electron chi connectivity index (χ3n) is 5.29. The van der Waals surface area contributed by atoms with Gasteiger partial charge in [0.15, 0.2) is 0 Å². The van der Waals surface area contributed by atoms with Crippen LogP contribution in [0, 0.1) is 20.8 Å². The third-order valence-corrected chi connectivity index (χ3v) is 5.29. The first-order valence-corrected chi connectivity index (χ1v) is 9.38. The molecule has 0 spiro atoms. The molecule has 146 valence electrons. The van der Waals surface area contributed by atoms with Crippen LogP contribution in [0.3, 0.4) is 0 Å². The summed E-state index contributed by atoms with van der Waals surface area (Å²) in [7, 11) is 0. The van der Waals surface area contributed by atoms with Gasteiger partial charge in [-0.1, -0.05) is 30.3 Å². The van der Waals surface area contributed by atoms with Crippen molar-refractivity contribution in [3.8, 4) is 0 Å². The van der Waals surface area contributed by atoms with Gasteiger partial charge in [0.05, 0.1) is 5.57 Å². The number of rotatable bonds is 3. The number of para-hydroxylation sites is 1. The molecule has 1 aromatic heterocycles. The van der Waals surface area contributed by atoms with Crippen molar-refractivity contribution >= 4 is 23.1 Å². The molecule has 4 rings (SSSR count). The number of hydrogen-bond donors (Lipinski definition) is 1. The van der Waals surface area contributed by atoms with E-state index in [2.05, 4.69) is 0 Å². The van der Waals surface area contributed by atoms with Crippen LogP contribution < -0.4 is 4.90 Å². The molecule has 2 heterocycles. The Balaban J connectivity index is 1.94. The molecule has 1 saturated heterocycles. The number of carbonyl (C=O) groups is 2. The topological polar surface area (TPSA) is 70.8 Å². The third kappa shape index (κ3) is 3.14. The molecule has 1 unspecified atom stereocenters. The quantitative estimate of drug-likeness (QED) is 0.397. The number of hydrogen-bond acceptors (Lipinski definition) is 4. The lowest BCUT2D eigenvalue weighted by molar-refractivity contribution is -0.132. The van der Waals surface area contributed by atoms with E-state index in [4.69, 9.17) is 4.42 Å². The van der Waals surface area contributed by atoms with E-state index in [0.29, 0.717) is 22.8 Å². The number of anilines is 1. The molecule has 1 fully saturated rings. The van der Waals surface area contributed by atoms with E-state index in [9.17, 15) is 14.7 Å². The second-order valence-corrected chi connectivity index (χ2v) is 7.25. The fourth-order valence-electron chi connectivity index (χ4n) is 3.60. The minimum Gasteiger partial charge on any atom is -0.507 e. The standard InChI is InChI=1S/C24H21NO4/c1-14-9-11-17(13-15(14)2)22(26)20-21(19-12-10-16(3)29-19)25(24(28)23(20)27)18-7-5-4-6-8-18/h4-13,21,26H,1-3H3/b22-20-. The highest BCUT2D eigenvalue weighted by atomic mass is 16.3. The molecule has 0 radical (unpaired) electrons. The number of amides is 1. The van der Waals surface area contributed by atoms with Crippen LogP contribution in [0.2, 0.25) is 0 Å². The first-order valence-electron chi connectivity index (χ1n) is 9.38. The second-order valence-electron chi connectivity index (χ2n) is 7.25. The van der Waals surface area contributed by atoms with Gasteiger partial charge in [-0.2, -0.15) is 0 Å². The van der Waals surface area contributed by atoms with Crippen molar-refractivity contribution in [1.29, 1.82) is 0 Å². The normalized spacial score (nSPS) is 18.4. The molecular weight excluding hydrogens is 366 g/mol. The van der Waals surface area contributed by atoms with Crippen molar-refractivity contribution in [2.75, 3.05) is 4.90 Å². The summed E-state index contributed by atoms with van der Waals surface area (Å²) >= 11 is 0. The maximum atomic E-state index is 13.0. The molecule has 5 heteroatoms. The van der Waals surface area contributed by atoms with E-state index in [0.717, 1.165) is 11.1 Å². The Labute approximate surface area is 168 Å². The summed E-state index contributed by atoms with van der Waals surface area (Å²) in [5.74, 6) is -0.547. The van der Waals surface area contributed by atoms with Crippen LogP contribution in [-0.4, -0.2) is 16.8 Å². The smallest absolute Gasteiger partial charge is 0.300 e. The number of nitrogens with zero attached hydrogens (tertiary/aromatic N) is 1. The Morgan fingerprint density at radius 2 is 1.66 bits per heavy atom. The number of Topliss-reactive ketones (excluding diaryl/α,β-unsaturated/α-hetero) is 1. The fourth-order valence-corrected chi connectivity index (χ4v) is 3.60. The zero-order valence-corrected chi connectivity index (χ0v) is 16.5. The summed E-state index contributed by atoms with van der Waals surface area (Å²) in [6.07, 6.45) is 0. The molecule has 29 heavy (non-hydrogen) atoms. The lowest BCUT2D eigenvalue weighted by Crippen LogP contribution is -2.29. The van der Waals surface area contributed by atoms with Crippen molar-refractivity contribution in [3.63, 3.8) is 0 Å². The first kappa shape index (κ1) is 18.7. The molecule has 1 aliphatic rings. The van der Waals surface area contributed by atoms with Gasteiger partial charge in [0.25, 0.3) is 11.7 Å². The van der Waals surface area contributed by atoms with E-state index >= 15 is 0 Å². The Bertz CT molecular complexity index is 1140. The Morgan fingerprint density at radius 1 is 0.931 bits per heavy atom. The van der Waals surface area contributed by atoms with Gasteiger partial charge in [0, 0.05) is 11.3 Å². The Hall–Kier alpha value is -3.60. The molecule has 0 aliphatic carbocycles. The van der Waals surface area contributed by atoms with E-state index in [1.54, 1.807) is 49.4 Å². The molecule has 1 amide bonds. The fraction of sp³-hybridized carbons (Fsp3) is 0.167. The van der Waals surface area contributed by atoms with Gasteiger partial charge in [-0.3, -0.25) is 14.5 Å². The minimum absolute atomic E-state index is 0.0245. The molecule has 1 aliphatic heterocycles. The van der Waals surface area contributed by atoms with Crippen LogP contribution in [0.15, 0.2) is 70.7 Å². The summed E-state index contributed by atoms with van der Waals surface area (Å²) in [6, 6.07) is 17.0. The number of aliphatic hydroxyl groups excluding tert-OH is 1. The van der Waals surface area contributed by atoms with Gasteiger partial charge in [-0.25, -0.2) is 0 Å². The average molecular weight is 387 g/mol. The zero-order chi connectivity index (χ0) is 20.7. The van der Waals surface area contributed by atoms with Gasteiger partial charge < -0.3 is 9.52 Å². The zero-order valence-electron chi connectivity index (χ0n) is 16.5. The number of ketones is 1. The molecule has 0 saturated carbocycles. The lowest BCUT2D eigenvalue weighted by Gasteiger charge is -2.23. The Kier molecular flexibility index (Phi) is 4.59.